The molecule has 3 amide bonds. The molecule has 0 fully saturated rings. The van der Waals surface area contributed by atoms with Crippen molar-refractivity contribution in [1.29, 1.82) is 0 Å². The summed E-state index contributed by atoms with van der Waals surface area (Å²) in [7, 11) is 0. The predicted molar refractivity (Wildman–Crippen MR) is 175 cm³/mol. The molecule has 3 atom stereocenters. The summed E-state index contributed by atoms with van der Waals surface area (Å²) in [4.78, 5) is 53.8. The van der Waals surface area contributed by atoms with Crippen LogP contribution in [0.25, 0.3) is 0 Å². The van der Waals surface area contributed by atoms with E-state index in [0.717, 1.165) is 16.7 Å². The number of halogens is 1. The van der Waals surface area contributed by atoms with Gasteiger partial charge in [-0.15, -0.1) is 0 Å². The lowest BCUT2D eigenvalue weighted by Crippen LogP contribution is -2.57. The zero-order valence-electron chi connectivity index (χ0n) is 25.8. The fourth-order valence-electron chi connectivity index (χ4n) is 4.87. The van der Waals surface area contributed by atoms with Gasteiger partial charge >= 0.3 is 6.09 Å². The highest BCUT2D eigenvalue weighted by Crippen LogP contribution is 2.15. The van der Waals surface area contributed by atoms with Gasteiger partial charge in [0.05, 0.1) is 12.3 Å². The Morgan fingerprint density at radius 3 is 1.78 bits per heavy atom. The van der Waals surface area contributed by atoms with Crippen molar-refractivity contribution in [1.82, 2.24) is 16.0 Å². The quantitative estimate of drug-likeness (QED) is 0.138. The summed E-state index contributed by atoms with van der Waals surface area (Å²) in [6.07, 6.45) is 1.23. The lowest BCUT2D eigenvalue weighted by molar-refractivity contribution is -0.130. The van der Waals surface area contributed by atoms with Crippen molar-refractivity contribution in [3.05, 3.63) is 131 Å². The number of carbonyl (C=O) groups is 4. The van der Waals surface area contributed by atoms with Gasteiger partial charge in [0.2, 0.25) is 17.6 Å². The van der Waals surface area contributed by atoms with E-state index in [1.165, 1.54) is 6.26 Å². The topological polar surface area (TPSA) is 127 Å². The molecule has 0 radical (unpaired) electrons. The number of rotatable bonds is 15. The number of alkyl carbamates (subject to hydrolysis) is 1. The third kappa shape index (κ3) is 10.6. The molecule has 0 saturated carbocycles. The molecule has 4 rings (SSSR count). The summed E-state index contributed by atoms with van der Waals surface area (Å²) in [6.45, 7) is 3.91. The first-order valence-electron chi connectivity index (χ1n) is 15.1. The highest BCUT2D eigenvalue weighted by atomic mass is 35.5. The number of amides is 3. The van der Waals surface area contributed by atoms with E-state index in [4.69, 9.17) is 20.8 Å². The lowest BCUT2D eigenvalue weighted by atomic mass is 9.97. The molecule has 1 aromatic heterocycles. The highest BCUT2D eigenvalue weighted by molar-refractivity contribution is 6.30. The van der Waals surface area contributed by atoms with E-state index in [0.29, 0.717) is 11.4 Å². The fourth-order valence-corrected chi connectivity index (χ4v) is 5.00. The normalized spacial score (nSPS) is 12.9. The molecule has 240 valence electrons. The second-order valence-electron chi connectivity index (χ2n) is 11.4. The number of hydrogen-bond acceptors (Lipinski definition) is 6. The molecule has 4 aromatic rings. The van der Waals surface area contributed by atoms with E-state index < -0.39 is 36.0 Å². The van der Waals surface area contributed by atoms with Gasteiger partial charge in [0.1, 0.15) is 18.7 Å². The number of ketones is 1. The predicted octanol–water partition coefficient (Wildman–Crippen LogP) is 5.91. The first-order chi connectivity index (χ1) is 22.2. The van der Waals surface area contributed by atoms with Crippen LogP contribution in [-0.2, 0) is 33.8 Å². The Bertz CT molecular complexity index is 1560. The van der Waals surface area contributed by atoms with Crippen molar-refractivity contribution in [2.24, 2.45) is 5.92 Å². The summed E-state index contributed by atoms with van der Waals surface area (Å²) in [5.74, 6) is -1.31. The number of carbonyl (C=O) groups excluding carboxylic acids is 4. The Labute approximate surface area is 273 Å². The van der Waals surface area contributed by atoms with Crippen molar-refractivity contribution in [3.63, 3.8) is 0 Å². The monoisotopic (exact) mass is 643 g/mol. The maximum atomic E-state index is 13.8. The standard InChI is InChI=1S/C36H38ClN3O6/c1-24(2)20-29(33(41)32-14-9-19-45-32)38-34(42)30(22-26-15-17-28(37)18-16-26)39-35(43)31(21-25-10-5-3-6-11-25)40-36(44)46-23-27-12-7-4-8-13-27/h3-19,24,29-31H,20-23H2,1-2H3,(H,38,42)(H,39,43)(H,40,44)/t29-,30-,31-/m0/s1. The molecule has 0 spiro atoms. The van der Waals surface area contributed by atoms with Crippen LogP contribution in [-0.4, -0.2) is 41.8 Å². The van der Waals surface area contributed by atoms with Crippen LogP contribution >= 0.6 is 11.6 Å². The SMILES string of the molecule is CC(C)C[C@H](NC(=O)[C@H](Cc1ccc(Cl)cc1)NC(=O)[C@H](Cc1ccccc1)NC(=O)OCc1ccccc1)C(=O)c1ccco1. The van der Waals surface area contributed by atoms with Crippen LogP contribution in [0, 0.1) is 5.92 Å². The third-order valence-corrected chi connectivity index (χ3v) is 7.45. The van der Waals surface area contributed by atoms with Gasteiger partial charge in [0, 0.05) is 17.9 Å². The van der Waals surface area contributed by atoms with E-state index in [9.17, 15) is 19.2 Å². The second-order valence-corrected chi connectivity index (χ2v) is 11.8. The zero-order valence-corrected chi connectivity index (χ0v) is 26.5. The number of nitrogens with one attached hydrogen (secondary N) is 3. The van der Waals surface area contributed by atoms with E-state index >= 15 is 0 Å². The summed E-state index contributed by atoms with van der Waals surface area (Å²) in [6, 6.07) is 25.4. The van der Waals surface area contributed by atoms with Crippen molar-refractivity contribution in [2.45, 2.75) is 57.8 Å². The Morgan fingerprint density at radius 1 is 0.674 bits per heavy atom. The lowest BCUT2D eigenvalue weighted by Gasteiger charge is -2.26. The second kappa shape index (κ2) is 17.0. The first kappa shape index (κ1) is 34.0. The Morgan fingerprint density at radius 2 is 1.22 bits per heavy atom. The maximum Gasteiger partial charge on any atom is 0.408 e. The van der Waals surface area contributed by atoms with Crippen LogP contribution < -0.4 is 16.0 Å². The molecule has 3 aromatic carbocycles. The average Bonchev–Trinajstić information content (AvgIpc) is 3.59. The molecule has 0 aliphatic rings. The van der Waals surface area contributed by atoms with E-state index in [2.05, 4.69) is 16.0 Å². The number of ether oxygens (including phenoxy) is 1. The van der Waals surface area contributed by atoms with Gasteiger partial charge in [-0.1, -0.05) is 98.2 Å². The van der Waals surface area contributed by atoms with Gasteiger partial charge < -0.3 is 25.1 Å². The number of Topliss-reactive ketones (excluding diaryl/α,β-unsaturated/α-hetero) is 1. The Balaban J connectivity index is 1.55. The molecule has 46 heavy (non-hydrogen) atoms. The van der Waals surface area contributed by atoms with Crippen molar-refractivity contribution in [3.8, 4) is 0 Å². The van der Waals surface area contributed by atoms with Crippen LogP contribution in [0.4, 0.5) is 4.79 Å². The van der Waals surface area contributed by atoms with Gasteiger partial charge in [-0.2, -0.15) is 0 Å². The molecule has 0 aliphatic carbocycles. The number of furan rings is 1. The number of benzene rings is 3. The van der Waals surface area contributed by atoms with Crippen molar-refractivity contribution < 1.29 is 28.3 Å². The van der Waals surface area contributed by atoms with Crippen molar-refractivity contribution in [2.75, 3.05) is 0 Å². The fraction of sp³-hybridized carbons (Fsp3) is 0.278. The molecule has 10 heteroatoms. The first-order valence-corrected chi connectivity index (χ1v) is 15.5. The molecule has 0 aliphatic heterocycles. The molecule has 3 N–H and O–H groups in total. The van der Waals surface area contributed by atoms with Crippen LogP contribution in [0.5, 0.6) is 0 Å². The molecule has 1 heterocycles. The van der Waals surface area contributed by atoms with Crippen LogP contribution in [0.2, 0.25) is 5.02 Å². The van der Waals surface area contributed by atoms with Gasteiger partial charge in [0.25, 0.3) is 0 Å². The highest BCUT2D eigenvalue weighted by Gasteiger charge is 2.31. The van der Waals surface area contributed by atoms with E-state index in [-0.39, 0.29) is 36.9 Å². The smallest absolute Gasteiger partial charge is 0.408 e. The minimum absolute atomic E-state index is 0.0227. The average molecular weight is 644 g/mol. The molecular weight excluding hydrogens is 606 g/mol. The summed E-state index contributed by atoms with van der Waals surface area (Å²) in [5, 5.41) is 8.85. The minimum Gasteiger partial charge on any atom is -0.461 e. The Hall–Kier alpha value is -4.89. The van der Waals surface area contributed by atoms with Gasteiger partial charge in [0.15, 0.2) is 5.76 Å². The maximum absolute atomic E-state index is 13.8. The van der Waals surface area contributed by atoms with Crippen LogP contribution in [0.15, 0.2) is 108 Å². The zero-order chi connectivity index (χ0) is 32.9. The van der Waals surface area contributed by atoms with Crippen LogP contribution in [0.1, 0.15) is 47.5 Å². The minimum atomic E-state index is -1.09. The number of hydrogen-bond donors (Lipinski definition) is 3. The van der Waals surface area contributed by atoms with E-state index in [1.807, 2.05) is 74.5 Å². The third-order valence-electron chi connectivity index (χ3n) is 7.19. The van der Waals surface area contributed by atoms with E-state index in [1.54, 1.807) is 36.4 Å². The van der Waals surface area contributed by atoms with Crippen LogP contribution in [0.3, 0.4) is 0 Å². The Kier molecular flexibility index (Phi) is 12.5. The molecule has 0 unspecified atom stereocenters. The molecule has 9 nitrogen and oxygen atoms in total. The van der Waals surface area contributed by atoms with Gasteiger partial charge in [-0.05, 0) is 53.3 Å². The molecular formula is C36H38ClN3O6. The van der Waals surface area contributed by atoms with Gasteiger partial charge in [-0.25, -0.2) is 4.79 Å². The summed E-state index contributed by atoms with van der Waals surface area (Å²) in [5.41, 5.74) is 2.32. The van der Waals surface area contributed by atoms with Gasteiger partial charge in [-0.3, -0.25) is 14.4 Å². The summed E-state index contributed by atoms with van der Waals surface area (Å²) < 4.78 is 10.7. The summed E-state index contributed by atoms with van der Waals surface area (Å²) >= 11 is 6.08. The molecule has 0 saturated heterocycles. The molecule has 0 bridgehead atoms. The largest absolute Gasteiger partial charge is 0.461 e. The van der Waals surface area contributed by atoms with Crippen molar-refractivity contribution >= 4 is 35.3 Å².